The minimum atomic E-state index is 0.506. The number of hydrogen-bond donors (Lipinski definition) is 0. The summed E-state index contributed by atoms with van der Waals surface area (Å²) in [5.74, 6) is 0.506. The first kappa shape index (κ1) is 9.97. The molecule has 0 saturated carbocycles. The second-order valence-corrected chi connectivity index (χ2v) is 4.24. The topological polar surface area (TPSA) is 0 Å². The molecule has 0 saturated heterocycles. The highest BCUT2D eigenvalue weighted by molar-refractivity contribution is 5.86. The third-order valence-electron chi connectivity index (χ3n) is 2.82. The maximum Gasteiger partial charge on any atom is -0.0178 e. The van der Waals surface area contributed by atoms with Crippen LogP contribution in [0.25, 0.3) is 16.3 Å². The second-order valence-electron chi connectivity index (χ2n) is 4.24. The smallest absolute Gasteiger partial charge is 0.0178 e. The predicted molar refractivity (Wildman–Crippen MR) is 67.8 cm³/mol. The lowest BCUT2D eigenvalue weighted by Gasteiger charge is -2.10. The van der Waals surface area contributed by atoms with Crippen LogP contribution in [0.4, 0.5) is 0 Å². The van der Waals surface area contributed by atoms with Gasteiger partial charge in [-0.1, -0.05) is 56.8 Å². The van der Waals surface area contributed by atoms with Crippen LogP contribution in [0.2, 0.25) is 0 Å². The summed E-state index contributed by atoms with van der Waals surface area (Å²) in [7, 11) is 0. The van der Waals surface area contributed by atoms with Crippen LogP contribution in [0, 0.1) is 5.92 Å². The van der Waals surface area contributed by atoms with Crippen LogP contribution in [0.5, 0.6) is 0 Å². The molecule has 0 radical (unpaired) electrons. The zero-order valence-electron chi connectivity index (χ0n) is 9.33. The highest BCUT2D eigenvalue weighted by Crippen LogP contribution is 2.24. The van der Waals surface area contributed by atoms with Gasteiger partial charge in [0.2, 0.25) is 0 Å². The van der Waals surface area contributed by atoms with Gasteiger partial charge in [-0.2, -0.15) is 0 Å². The molecule has 0 aliphatic rings. The monoisotopic (exact) mass is 196 g/mol. The van der Waals surface area contributed by atoms with Gasteiger partial charge in [0.15, 0.2) is 0 Å². The molecule has 2 aromatic rings. The number of fused-ring (bicyclic) bond motifs is 1. The largest absolute Gasteiger partial charge is 0.0950 e. The molecule has 0 heterocycles. The molecular weight excluding hydrogens is 180 g/mol. The zero-order valence-corrected chi connectivity index (χ0v) is 9.33. The van der Waals surface area contributed by atoms with E-state index in [0.29, 0.717) is 5.92 Å². The summed E-state index contributed by atoms with van der Waals surface area (Å²) in [5.41, 5.74) is 2.46. The van der Waals surface area contributed by atoms with Crippen LogP contribution in [-0.2, 0) is 0 Å². The molecule has 0 aliphatic heterocycles. The summed E-state index contributed by atoms with van der Waals surface area (Å²) in [6.45, 7) is 8.49. The zero-order chi connectivity index (χ0) is 10.8. The first-order valence-corrected chi connectivity index (χ1v) is 5.36. The lowest BCUT2D eigenvalue weighted by molar-refractivity contribution is 0.858. The maximum atomic E-state index is 4.13. The van der Waals surface area contributed by atoms with Crippen molar-refractivity contribution < 1.29 is 0 Å². The van der Waals surface area contributed by atoms with E-state index in [1.807, 2.05) is 0 Å². The minimum Gasteiger partial charge on any atom is -0.0950 e. The van der Waals surface area contributed by atoms with Crippen molar-refractivity contribution in [3.63, 3.8) is 0 Å². The van der Waals surface area contributed by atoms with Crippen LogP contribution in [0.3, 0.4) is 0 Å². The Hall–Kier alpha value is -1.56. The molecule has 0 aliphatic carbocycles. The van der Waals surface area contributed by atoms with E-state index in [4.69, 9.17) is 0 Å². The Bertz CT molecular complexity index is 492. The highest BCUT2D eigenvalue weighted by Gasteiger charge is 2.03. The number of rotatable bonds is 2. The summed E-state index contributed by atoms with van der Waals surface area (Å²) in [6.07, 6.45) is 0. The maximum absolute atomic E-state index is 4.13. The molecule has 0 aromatic heterocycles. The number of hydrogen-bond acceptors (Lipinski definition) is 0. The minimum absolute atomic E-state index is 0.506. The van der Waals surface area contributed by atoms with E-state index in [0.717, 1.165) is 0 Å². The molecule has 0 atom stereocenters. The molecule has 0 amide bonds. The molecular formula is C15H16. The van der Waals surface area contributed by atoms with Gasteiger partial charge in [-0.05, 0) is 33.9 Å². The fraction of sp³-hybridized carbons (Fsp3) is 0.200. The first-order valence-electron chi connectivity index (χ1n) is 5.36. The van der Waals surface area contributed by atoms with E-state index >= 15 is 0 Å². The van der Waals surface area contributed by atoms with Gasteiger partial charge in [0.05, 0.1) is 0 Å². The van der Waals surface area contributed by atoms with Crippen molar-refractivity contribution in [1.82, 2.24) is 0 Å². The fourth-order valence-electron chi connectivity index (χ4n) is 1.72. The third-order valence-corrected chi connectivity index (χ3v) is 2.82. The van der Waals surface area contributed by atoms with Gasteiger partial charge in [0, 0.05) is 0 Å². The molecule has 0 bridgehead atoms. The molecule has 15 heavy (non-hydrogen) atoms. The van der Waals surface area contributed by atoms with E-state index in [1.165, 1.54) is 21.9 Å². The van der Waals surface area contributed by atoms with Gasteiger partial charge in [0.1, 0.15) is 0 Å². The molecule has 0 unspecified atom stereocenters. The van der Waals surface area contributed by atoms with Crippen molar-refractivity contribution in [3.05, 3.63) is 54.6 Å². The molecule has 0 nitrogen and oxygen atoms in total. The van der Waals surface area contributed by atoms with Gasteiger partial charge in [-0.15, -0.1) is 0 Å². The van der Waals surface area contributed by atoms with Crippen molar-refractivity contribution in [2.24, 2.45) is 5.92 Å². The molecule has 76 valence electrons. The summed E-state index contributed by atoms with van der Waals surface area (Å²) in [6, 6.07) is 15.0. The van der Waals surface area contributed by atoms with Gasteiger partial charge >= 0.3 is 0 Å². The second kappa shape index (κ2) is 3.90. The van der Waals surface area contributed by atoms with E-state index in [1.54, 1.807) is 0 Å². The van der Waals surface area contributed by atoms with Crippen LogP contribution in [0.1, 0.15) is 19.4 Å². The molecule has 2 aromatic carbocycles. The summed E-state index contributed by atoms with van der Waals surface area (Å²) < 4.78 is 0. The Morgan fingerprint density at radius 1 is 1.00 bits per heavy atom. The van der Waals surface area contributed by atoms with Crippen LogP contribution < -0.4 is 0 Å². The van der Waals surface area contributed by atoms with Gasteiger partial charge in [-0.25, -0.2) is 0 Å². The predicted octanol–water partition coefficient (Wildman–Crippen LogP) is 4.51. The Morgan fingerprint density at radius 2 is 1.67 bits per heavy atom. The van der Waals surface area contributed by atoms with Crippen molar-refractivity contribution in [2.45, 2.75) is 13.8 Å². The molecule has 0 N–H and O–H groups in total. The normalized spacial score (nSPS) is 10.9. The van der Waals surface area contributed by atoms with Crippen molar-refractivity contribution >= 4 is 16.3 Å². The van der Waals surface area contributed by atoms with E-state index in [-0.39, 0.29) is 0 Å². The first-order chi connectivity index (χ1) is 7.18. The van der Waals surface area contributed by atoms with Crippen LogP contribution >= 0.6 is 0 Å². The van der Waals surface area contributed by atoms with Crippen LogP contribution in [0.15, 0.2) is 49.0 Å². The average Bonchev–Trinajstić information content (AvgIpc) is 2.27. The Labute approximate surface area is 91.2 Å². The van der Waals surface area contributed by atoms with Crippen molar-refractivity contribution in [3.8, 4) is 0 Å². The number of benzene rings is 2. The summed E-state index contributed by atoms with van der Waals surface area (Å²) in [4.78, 5) is 0. The van der Waals surface area contributed by atoms with Gasteiger partial charge in [-0.3, -0.25) is 0 Å². The molecule has 0 heteroatoms. The number of allylic oxidation sites excluding steroid dienone is 1. The van der Waals surface area contributed by atoms with Gasteiger partial charge < -0.3 is 0 Å². The highest BCUT2D eigenvalue weighted by atomic mass is 14.1. The average molecular weight is 196 g/mol. The van der Waals surface area contributed by atoms with E-state index in [9.17, 15) is 0 Å². The standard InChI is InChI=1S/C15H16/c1-11(2)12(3)14-9-8-13-6-4-5-7-15(13)10-14/h4-11H,3H2,1-2H3. The van der Waals surface area contributed by atoms with Crippen molar-refractivity contribution in [2.75, 3.05) is 0 Å². The Kier molecular flexibility index (Phi) is 2.59. The SMILES string of the molecule is C=C(c1ccc2ccccc2c1)C(C)C. The third kappa shape index (κ3) is 1.94. The van der Waals surface area contributed by atoms with Gasteiger partial charge in [0.25, 0.3) is 0 Å². The van der Waals surface area contributed by atoms with Crippen molar-refractivity contribution in [1.29, 1.82) is 0 Å². The molecule has 0 spiro atoms. The van der Waals surface area contributed by atoms with E-state index < -0.39 is 0 Å². The lowest BCUT2D eigenvalue weighted by Crippen LogP contribution is -1.91. The fourth-order valence-corrected chi connectivity index (χ4v) is 1.72. The van der Waals surface area contributed by atoms with Crippen LogP contribution in [-0.4, -0.2) is 0 Å². The quantitative estimate of drug-likeness (QED) is 0.663. The van der Waals surface area contributed by atoms with E-state index in [2.05, 4.69) is 62.9 Å². The molecule has 2 rings (SSSR count). The Morgan fingerprint density at radius 3 is 2.33 bits per heavy atom. The summed E-state index contributed by atoms with van der Waals surface area (Å²) >= 11 is 0. The summed E-state index contributed by atoms with van der Waals surface area (Å²) in [5, 5.41) is 2.58. The molecule has 0 fully saturated rings. The lowest BCUT2D eigenvalue weighted by atomic mass is 9.95. The Balaban J connectivity index is 2.52.